The normalized spacial score (nSPS) is 18.3. The predicted molar refractivity (Wildman–Crippen MR) is 74.4 cm³/mol. The van der Waals surface area contributed by atoms with Crippen LogP contribution < -0.4 is 15.2 Å². The molecule has 1 aliphatic rings. The fraction of sp³-hybridized carbons (Fsp3) is 0.250. The Hall–Kier alpha value is -2.14. The summed E-state index contributed by atoms with van der Waals surface area (Å²) in [4.78, 5) is 0. The molecule has 5 heteroatoms. The first-order valence-electron chi connectivity index (χ1n) is 6.72. The SMILES string of the molecule is NC(Cc1cccc(F)c1F)C1COc2ccccc2O1. The van der Waals surface area contributed by atoms with Crippen molar-refractivity contribution in [1.29, 1.82) is 0 Å². The van der Waals surface area contributed by atoms with Gasteiger partial charge in [-0.15, -0.1) is 0 Å². The van der Waals surface area contributed by atoms with Gasteiger partial charge in [0, 0.05) is 6.04 Å². The number of rotatable bonds is 3. The summed E-state index contributed by atoms with van der Waals surface area (Å²) in [5.74, 6) is -0.447. The zero-order valence-electron chi connectivity index (χ0n) is 11.3. The van der Waals surface area contributed by atoms with Gasteiger partial charge in [0.05, 0.1) is 0 Å². The molecule has 21 heavy (non-hydrogen) atoms. The van der Waals surface area contributed by atoms with Gasteiger partial charge in [-0.3, -0.25) is 0 Å². The van der Waals surface area contributed by atoms with Gasteiger partial charge in [0.25, 0.3) is 0 Å². The summed E-state index contributed by atoms with van der Waals surface area (Å²) in [6, 6.07) is 10.9. The Morgan fingerprint density at radius 3 is 2.67 bits per heavy atom. The summed E-state index contributed by atoms with van der Waals surface area (Å²) in [6.07, 6.45) is -0.220. The highest BCUT2D eigenvalue weighted by Gasteiger charge is 2.27. The maximum atomic E-state index is 13.7. The Labute approximate surface area is 121 Å². The van der Waals surface area contributed by atoms with Crippen molar-refractivity contribution in [3.8, 4) is 11.5 Å². The average molecular weight is 291 g/mol. The Bertz CT molecular complexity index is 648. The first kappa shape index (κ1) is 13.8. The van der Waals surface area contributed by atoms with Gasteiger partial charge in [0.15, 0.2) is 23.1 Å². The lowest BCUT2D eigenvalue weighted by molar-refractivity contribution is 0.0720. The van der Waals surface area contributed by atoms with Gasteiger partial charge in [-0.05, 0) is 30.2 Å². The monoisotopic (exact) mass is 291 g/mol. The van der Waals surface area contributed by atoms with E-state index < -0.39 is 23.8 Å². The Balaban J connectivity index is 1.72. The molecule has 2 unspecified atom stereocenters. The molecule has 2 aromatic rings. The van der Waals surface area contributed by atoms with Crippen molar-refractivity contribution < 1.29 is 18.3 Å². The minimum absolute atomic E-state index is 0.180. The number of ether oxygens (including phenoxy) is 2. The molecule has 0 aliphatic carbocycles. The van der Waals surface area contributed by atoms with Crippen molar-refractivity contribution in [2.24, 2.45) is 5.73 Å². The standard InChI is InChI=1S/C16H15F2NO2/c17-11-5-3-4-10(16(11)18)8-12(19)15-9-20-13-6-1-2-7-14(13)21-15/h1-7,12,15H,8-9,19H2. The van der Waals surface area contributed by atoms with Crippen molar-refractivity contribution >= 4 is 0 Å². The number of nitrogens with two attached hydrogens (primary N) is 1. The summed E-state index contributed by atoms with van der Waals surface area (Å²) in [5, 5.41) is 0. The van der Waals surface area contributed by atoms with E-state index in [1.54, 1.807) is 6.07 Å². The van der Waals surface area contributed by atoms with E-state index in [4.69, 9.17) is 15.2 Å². The highest BCUT2D eigenvalue weighted by molar-refractivity contribution is 5.40. The highest BCUT2D eigenvalue weighted by Crippen LogP contribution is 2.31. The van der Waals surface area contributed by atoms with Crippen molar-refractivity contribution in [3.05, 3.63) is 59.7 Å². The zero-order chi connectivity index (χ0) is 14.8. The van der Waals surface area contributed by atoms with E-state index in [9.17, 15) is 8.78 Å². The van der Waals surface area contributed by atoms with Gasteiger partial charge < -0.3 is 15.2 Å². The molecule has 0 aromatic heterocycles. The van der Waals surface area contributed by atoms with Crippen LogP contribution in [0.4, 0.5) is 8.78 Å². The lowest BCUT2D eigenvalue weighted by Crippen LogP contribution is -2.46. The van der Waals surface area contributed by atoms with Gasteiger partial charge in [-0.2, -0.15) is 0 Å². The molecule has 0 bridgehead atoms. The van der Waals surface area contributed by atoms with Crippen LogP contribution >= 0.6 is 0 Å². The lowest BCUT2D eigenvalue weighted by Gasteiger charge is -2.30. The van der Waals surface area contributed by atoms with Gasteiger partial charge in [0.1, 0.15) is 12.7 Å². The number of hydrogen-bond donors (Lipinski definition) is 1. The Morgan fingerprint density at radius 1 is 1.10 bits per heavy atom. The highest BCUT2D eigenvalue weighted by atomic mass is 19.2. The van der Waals surface area contributed by atoms with Crippen molar-refractivity contribution in [1.82, 2.24) is 0 Å². The zero-order valence-corrected chi connectivity index (χ0v) is 11.3. The molecular weight excluding hydrogens is 276 g/mol. The van der Waals surface area contributed by atoms with E-state index in [0.29, 0.717) is 11.5 Å². The molecule has 1 aliphatic heterocycles. The Morgan fingerprint density at radius 2 is 1.86 bits per heavy atom. The van der Waals surface area contributed by atoms with Crippen LogP contribution in [0.3, 0.4) is 0 Å². The molecule has 0 amide bonds. The first-order valence-corrected chi connectivity index (χ1v) is 6.72. The van der Waals surface area contributed by atoms with Crippen LogP contribution in [0.5, 0.6) is 11.5 Å². The predicted octanol–water partition coefficient (Wildman–Crippen LogP) is 2.67. The number of para-hydroxylation sites is 2. The smallest absolute Gasteiger partial charge is 0.162 e. The fourth-order valence-corrected chi connectivity index (χ4v) is 2.34. The number of halogens is 2. The number of benzene rings is 2. The average Bonchev–Trinajstić information content (AvgIpc) is 2.51. The first-order chi connectivity index (χ1) is 10.1. The molecular formula is C16H15F2NO2. The van der Waals surface area contributed by atoms with E-state index in [1.807, 2.05) is 18.2 Å². The van der Waals surface area contributed by atoms with Crippen LogP contribution in [-0.4, -0.2) is 18.8 Å². The van der Waals surface area contributed by atoms with Gasteiger partial charge in [-0.1, -0.05) is 24.3 Å². The molecule has 3 rings (SSSR count). The van der Waals surface area contributed by atoms with Crippen molar-refractivity contribution in [2.75, 3.05) is 6.61 Å². The van der Waals surface area contributed by atoms with E-state index in [0.717, 1.165) is 6.07 Å². The van der Waals surface area contributed by atoms with Gasteiger partial charge in [-0.25, -0.2) is 8.78 Å². The fourth-order valence-electron chi connectivity index (χ4n) is 2.34. The maximum absolute atomic E-state index is 13.7. The van der Waals surface area contributed by atoms with Crippen LogP contribution in [0.25, 0.3) is 0 Å². The quantitative estimate of drug-likeness (QED) is 0.945. The summed E-state index contributed by atoms with van der Waals surface area (Å²) in [6.45, 7) is 0.287. The summed E-state index contributed by atoms with van der Waals surface area (Å²) in [5.41, 5.74) is 6.30. The largest absolute Gasteiger partial charge is 0.486 e. The molecule has 2 atom stereocenters. The molecule has 0 radical (unpaired) electrons. The van der Waals surface area contributed by atoms with E-state index in [1.165, 1.54) is 12.1 Å². The lowest BCUT2D eigenvalue weighted by atomic mass is 10.0. The molecule has 2 N–H and O–H groups in total. The second kappa shape index (κ2) is 5.69. The molecule has 0 fully saturated rings. The summed E-state index contributed by atoms with van der Waals surface area (Å²) >= 11 is 0. The second-order valence-electron chi connectivity index (χ2n) is 4.99. The van der Waals surface area contributed by atoms with Gasteiger partial charge >= 0.3 is 0 Å². The Kier molecular flexibility index (Phi) is 3.75. The minimum atomic E-state index is -0.870. The van der Waals surface area contributed by atoms with E-state index in [2.05, 4.69) is 0 Å². The molecule has 0 saturated heterocycles. The number of hydrogen-bond acceptors (Lipinski definition) is 3. The maximum Gasteiger partial charge on any atom is 0.162 e. The van der Waals surface area contributed by atoms with Crippen LogP contribution in [0.2, 0.25) is 0 Å². The van der Waals surface area contributed by atoms with Crippen molar-refractivity contribution in [3.63, 3.8) is 0 Å². The van der Waals surface area contributed by atoms with E-state index in [-0.39, 0.29) is 18.6 Å². The molecule has 0 saturated carbocycles. The van der Waals surface area contributed by atoms with Crippen LogP contribution in [0, 0.1) is 11.6 Å². The molecule has 0 spiro atoms. The summed E-state index contributed by atoms with van der Waals surface area (Å²) < 4.78 is 38.2. The van der Waals surface area contributed by atoms with Gasteiger partial charge in [0.2, 0.25) is 0 Å². The second-order valence-corrected chi connectivity index (χ2v) is 4.99. The van der Waals surface area contributed by atoms with Crippen molar-refractivity contribution in [2.45, 2.75) is 18.6 Å². The molecule has 1 heterocycles. The molecule has 3 nitrogen and oxygen atoms in total. The number of fused-ring (bicyclic) bond motifs is 1. The summed E-state index contributed by atoms with van der Waals surface area (Å²) in [7, 11) is 0. The van der Waals surface area contributed by atoms with Crippen LogP contribution in [0.1, 0.15) is 5.56 Å². The molecule has 2 aromatic carbocycles. The third kappa shape index (κ3) is 2.83. The minimum Gasteiger partial charge on any atom is -0.486 e. The third-order valence-corrected chi connectivity index (χ3v) is 3.50. The topological polar surface area (TPSA) is 44.5 Å². The van der Waals surface area contributed by atoms with E-state index >= 15 is 0 Å². The van der Waals surface area contributed by atoms with Crippen LogP contribution in [-0.2, 0) is 6.42 Å². The van der Waals surface area contributed by atoms with Crippen LogP contribution in [0.15, 0.2) is 42.5 Å². The molecule has 110 valence electrons. The third-order valence-electron chi connectivity index (χ3n) is 3.50.